The quantitative estimate of drug-likeness (QED) is 0.814. The van der Waals surface area contributed by atoms with Crippen molar-refractivity contribution in [3.8, 4) is 0 Å². The first kappa shape index (κ1) is 18.6. The van der Waals surface area contributed by atoms with E-state index in [1.807, 2.05) is 36.9 Å². The summed E-state index contributed by atoms with van der Waals surface area (Å²) in [5.74, 6) is 1.33. The number of rotatable bonds is 6. The van der Waals surface area contributed by atoms with Gasteiger partial charge in [0.1, 0.15) is 11.5 Å². The Morgan fingerprint density at radius 3 is 2.75 bits per heavy atom. The van der Waals surface area contributed by atoms with Crippen LogP contribution in [0.25, 0.3) is 0 Å². The highest BCUT2D eigenvalue weighted by atomic mass is 16.5. The van der Waals surface area contributed by atoms with Crippen molar-refractivity contribution in [3.63, 3.8) is 0 Å². The summed E-state index contributed by atoms with van der Waals surface area (Å²) in [5, 5.41) is 3.43. The van der Waals surface area contributed by atoms with Gasteiger partial charge in [0.25, 0.3) is 5.91 Å². The van der Waals surface area contributed by atoms with Crippen molar-refractivity contribution >= 4 is 17.7 Å². The fraction of sp³-hybridized carbons (Fsp3) is 0.500. The van der Waals surface area contributed by atoms with Gasteiger partial charge < -0.3 is 19.9 Å². The van der Waals surface area contributed by atoms with Crippen molar-refractivity contribution in [2.45, 2.75) is 32.9 Å². The minimum absolute atomic E-state index is 0.0188. The van der Waals surface area contributed by atoms with Crippen LogP contribution < -0.4 is 10.2 Å². The summed E-state index contributed by atoms with van der Waals surface area (Å²) in [4.78, 5) is 30.6. The van der Waals surface area contributed by atoms with Crippen molar-refractivity contribution in [1.29, 1.82) is 0 Å². The van der Waals surface area contributed by atoms with Crippen molar-refractivity contribution in [2.24, 2.45) is 0 Å². The van der Waals surface area contributed by atoms with Gasteiger partial charge in [-0.1, -0.05) is 6.07 Å². The third-order valence-electron chi connectivity index (χ3n) is 5.10. The smallest absolute Gasteiger partial charge is 0.273 e. The molecule has 8 heteroatoms. The van der Waals surface area contributed by atoms with Crippen molar-refractivity contribution < 1.29 is 9.53 Å². The van der Waals surface area contributed by atoms with E-state index in [4.69, 9.17) is 9.72 Å². The Bertz CT molecular complexity index is 836. The summed E-state index contributed by atoms with van der Waals surface area (Å²) in [6.07, 6.45) is 2.59. The Labute approximate surface area is 164 Å². The zero-order valence-electron chi connectivity index (χ0n) is 16.4. The Kier molecular flexibility index (Phi) is 5.38. The predicted octanol–water partition coefficient (Wildman–Crippen LogP) is 1.73. The van der Waals surface area contributed by atoms with E-state index in [0.717, 1.165) is 36.6 Å². The summed E-state index contributed by atoms with van der Waals surface area (Å²) < 4.78 is 5.43. The number of pyridine rings is 1. The Morgan fingerprint density at radius 2 is 2.04 bits per heavy atom. The number of ether oxygens (including phenoxy) is 1. The second kappa shape index (κ2) is 8.10. The number of carbonyl (C=O) groups excluding carboxylic acids is 1. The Hall–Kier alpha value is -2.74. The van der Waals surface area contributed by atoms with Crippen LogP contribution in [0.5, 0.6) is 0 Å². The molecule has 0 atom stereocenters. The van der Waals surface area contributed by atoms with E-state index in [9.17, 15) is 4.79 Å². The molecule has 0 aromatic carbocycles. The maximum absolute atomic E-state index is 12.9. The zero-order valence-corrected chi connectivity index (χ0v) is 16.4. The lowest BCUT2D eigenvalue weighted by molar-refractivity contribution is 0.0726. The molecule has 1 fully saturated rings. The molecule has 4 heterocycles. The molecular weight excluding hydrogens is 356 g/mol. The van der Waals surface area contributed by atoms with Crippen molar-refractivity contribution in [1.82, 2.24) is 19.9 Å². The van der Waals surface area contributed by atoms with Gasteiger partial charge in [-0.3, -0.25) is 9.78 Å². The average Bonchev–Trinajstić information content (AvgIpc) is 3.06. The van der Waals surface area contributed by atoms with Gasteiger partial charge in [0.2, 0.25) is 5.95 Å². The highest BCUT2D eigenvalue weighted by molar-refractivity contribution is 5.98. The minimum Gasteiger partial charge on any atom is -0.378 e. The lowest BCUT2D eigenvalue weighted by atomic mass is 10.2. The van der Waals surface area contributed by atoms with E-state index >= 15 is 0 Å². The topological polar surface area (TPSA) is 83.5 Å². The number of carbonyl (C=O) groups is 1. The number of fused-ring (bicyclic) bond motifs is 1. The molecule has 0 aliphatic carbocycles. The minimum atomic E-state index is -0.0188. The first-order valence-electron chi connectivity index (χ1n) is 9.82. The van der Waals surface area contributed by atoms with E-state index in [0.29, 0.717) is 37.9 Å². The van der Waals surface area contributed by atoms with Crippen LogP contribution >= 0.6 is 0 Å². The van der Waals surface area contributed by atoms with E-state index < -0.39 is 0 Å². The maximum atomic E-state index is 12.9. The lowest BCUT2D eigenvalue weighted by Gasteiger charge is -2.27. The van der Waals surface area contributed by atoms with Crippen LogP contribution in [0.15, 0.2) is 24.4 Å². The predicted molar refractivity (Wildman–Crippen MR) is 107 cm³/mol. The third kappa shape index (κ3) is 3.77. The number of amides is 1. The maximum Gasteiger partial charge on any atom is 0.273 e. The molecule has 2 aliphatic rings. The Balaban J connectivity index is 1.59. The van der Waals surface area contributed by atoms with E-state index in [1.165, 1.54) is 0 Å². The molecule has 0 bridgehead atoms. The van der Waals surface area contributed by atoms with Crippen LogP contribution in [0.1, 0.15) is 35.6 Å². The first-order valence-corrected chi connectivity index (χ1v) is 9.82. The number of hydrogen-bond acceptors (Lipinski definition) is 7. The number of morpholine rings is 1. The van der Waals surface area contributed by atoms with Crippen LogP contribution in [-0.4, -0.2) is 64.6 Å². The second-order valence-electron chi connectivity index (χ2n) is 7.32. The van der Waals surface area contributed by atoms with Gasteiger partial charge in [-0.15, -0.1) is 0 Å². The van der Waals surface area contributed by atoms with Gasteiger partial charge in [0.05, 0.1) is 19.8 Å². The fourth-order valence-corrected chi connectivity index (χ4v) is 3.50. The van der Waals surface area contributed by atoms with Gasteiger partial charge >= 0.3 is 0 Å². The number of hydrogen-bond donors (Lipinski definition) is 1. The largest absolute Gasteiger partial charge is 0.378 e. The van der Waals surface area contributed by atoms with E-state index in [1.54, 1.807) is 6.20 Å². The molecule has 148 valence electrons. The normalized spacial score (nSPS) is 16.6. The third-order valence-corrected chi connectivity index (χ3v) is 5.10. The standard InChI is InChI=1S/C20H26N6O2/c1-14(2)26-13-16-17(19(26)27)23-20(25-9-11-28-12-10-25)24-18(16)22-8-6-15-5-3-4-7-21-15/h3-5,7,14H,6,8-13H2,1-2H3,(H,22,23,24). The van der Waals surface area contributed by atoms with Gasteiger partial charge in [-0.2, -0.15) is 4.98 Å². The monoisotopic (exact) mass is 382 g/mol. The van der Waals surface area contributed by atoms with Gasteiger partial charge in [-0.05, 0) is 26.0 Å². The van der Waals surface area contributed by atoms with Gasteiger partial charge in [-0.25, -0.2) is 4.98 Å². The van der Waals surface area contributed by atoms with Crippen molar-refractivity contribution in [2.75, 3.05) is 43.1 Å². The molecule has 0 saturated carbocycles. The fourth-order valence-electron chi connectivity index (χ4n) is 3.50. The molecule has 0 spiro atoms. The average molecular weight is 382 g/mol. The molecule has 28 heavy (non-hydrogen) atoms. The molecule has 0 radical (unpaired) electrons. The molecule has 1 saturated heterocycles. The van der Waals surface area contributed by atoms with Crippen LogP contribution in [-0.2, 0) is 17.7 Å². The van der Waals surface area contributed by atoms with Crippen LogP contribution in [0.3, 0.4) is 0 Å². The highest BCUT2D eigenvalue weighted by Crippen LogP contribution is 2.30. The van der Waals surface area contributed by atoms with E-state index in [-0.39, 0.29) is 11.9 Å². The molecule has 4 rings (SSSR count). The summed E-state index contributed by atoms with van der Waals surface area (Å²) in [7, 11) is 0. The number of anilines is 2. The molecule has 2 aromatic heterocycles. The zero-order chi connectivity index (χ0) is 19.5. The summed E-state index contributed by atoms with van der Waals surface area (Å²) in [6.45, 7) is 8.04. The van der Waals surface area contributed by atoms with Gasteiger partial charge in [0, 0.05) is 49.6 Å². The van der Waals surface area contributed by atoms with Crippen molar-refractivity contribution in [3.05, 3.63) is 41.3 Å². The molecule has 2 aliphatic heterocycles. The SMILES string of the molecule is CC(C)N1Cc2c(NCCc3ccccn3)nc(N3CCOCC3)nc2C1=O. The number of nitrogens with one attached hydrogen (secondary N) is 1. The highest BCUT2D eigenvalue weighted by Gasteiger charge is 2.34. The van der Waals surface area contributed by atoms with Crippen LogP contribution in [0.2, 0.25) is 0 Å². The van der Waals surface area contributed by atoms with Crippen LogP contribution in [0, 0.1) is 0 Å². The summed E-state index contributed by atoms with van der Waals surface area (Å²) in [6, 6.07) is 6.03. The molecule has 1 N–H and O–H groups in total. The first-order chi connectivity index (χ1) is 13.6. The molecule has 8 nitrogen and oxygen atoms in total. The Morgan fingerprint density at radius 1 is 1.21 bits per heavy atom. The summed E-state index contributed by atoms with van der Waals surface area (Å²) >= 11 is 0. The number of aromatic nitrogens is 3. The molecule has 1 amide bonds. The number of nitrogens with zero attached hydrogens (tertiary/aromatic N) is 5. The van der Waals surface area contributed by atoms with Gasteiger partial charge in [0.15, 0.2) is 0 Å². The van der Waals surface area contributed by atoms with E-state index in [2.05, 4.69) is 20.2 Å². The second-order valence-corrected chi connectivity index (χ2v) is 7.32. The molecular formula is C20H26N6O2. The molecule has 0 unspecified atom stereocenters. The lowest BCUT2D eigenvalue weighted by Crippen LogP contribution is -2.37. The van der Waals surface area contributed by atoms with Crippen LogP contribution in [0.4, 0.5) is 11.8 Å². The summed E-state index contributed by atoms with van der Waals surface area (Å²) in [5.41, 5.74) is 2.43. The molecule has 2 aromatic rings.